The monoisotopic (exact) mass is 353 g/mol. The summed E-state index contributed by atoms with van der Waals surface area (Å²) in [5, 5.41) is 8.71. The Bertz CT molecular complexity index is 775. The van der Waals surface area contributed by atoms with Crippen LogP contribution in [0.3, 0.4) is 0 Å². The molecule has 0 fully saturated rings. The maximum absolute atomic E-state index is 11.6. The Morgan fingerprint density at radius 3 is 2.04 bits per heavy atom. The summed E-state index contributed by atoms with van der Waals surface area (Å²) < 4.78 is 15.9. The first-order chi connectivity index (χ1) is 12.6. The van der Waals surface area contributed by atoms with E-state index < -0.39 is 0 Å². The quantitative estimate of drug-likeness (QED) is 0.391. The third kappa shape index (κ3) is 6.29. The van der Waals surface area contributed by atoms with Crippen LogP contribution < -0.4 is 9.47 Å². The highest BCUT2D eigenvalue weighted by molar-refractivity contribution is 5.94. The van der Waals surface area contributed by atoms with Crippen LogP contribution in [0.1, 0.15) is 29.3 Å². The molecular formula is C20H19NO5. The topological polar surface area (TPSA) is 85.6 Å². The zero-order valence-corrected chi connectivity index (χ0v) is 14.4. The molecule has 0 unspecified atom stereocenters. The van der Waals surface area contributed by atoms with Crippen molar-refractivity contribution in [2.24, 2.45) is 0 Å². The molecule has 0 aliphatic heterocycles. The SMILES string of the molecule is CC(=O)c1ccc(OCCC(=O)OCCOc2ccc(C#N)cc2)cc1. The molecule has 6 heteroatoms. The molecule has 0 amide bonds. The zero-order chi connectivity index (χ0) is 18.8. The normalized spacial score (nSPS) is 9.85. The largest absolute Gasteiger partial charge is 0.493 e. The van der Waals surface area contributed by atoms with Gasteiger partial charge in [-0.3, -0.25) is 9.59 Å². The van der Waals surface area contributed by atoms with E-state index in [1.54, 1.807) is 48.5 Å². The molecule has 0 aromatic heterocycles. The standard InChI is InChI=1S/C20H19NO5/c1-15(22)17-4-8-19(9-5-17)24-11-10-20(23)26-13-12-25-18-6-2-16(14-21)3-7-18/h2-9H,10-13H2,1H3. The number of rotatable bonds is 9. The van der Waals surface area contributed by atoms with E-state index in [0.717, 1.165) is 0 Å². The first-order valence-corrected chi connectivity index (χ1v) is 8.11. The summed E-state index contributed by atoms with van der Waals surface area (Å²) in [5.41, 5.74) is 1.17. The van der Waals surface area contributed by atoms with Crippen LogP contribution in [-0.2, 0) is 9.53 Å². The number of nitriles is 1. The fourth-order valence-electron chi connectivity index (χ4n) is 2.05. The minimum absolute atomic E-state index is 0.0108. The van der Waals surface area contributed by atoms with Crippen molar-refractivity contribution in [1.29, 1.82) is 5.26 Å². The van der Waals surface area contributed by atoms with Crippen LogP contribution in [0.4, 0.5) is 0 Å². The molecule has 0 N–H and O–H groups in total. The van der Waals surface area contributed by atoms with Gasteiger partial charge in [0.25, 0.3) is 0 Å². The third-order valence-electron chi connectivity index (χ3n) is 3.43. The highest BCUT2D eigenvalue weighted by Crippen LogP contribution is 2.13. The third-order valence-corrected chi connectivity index (χ3v) is 3.43. The summed E-state index contributed by atoms with van der Waals surface area (Å²) in [4.78, 5) is 22.8. The number of Topliss-reactive ketones (excluding diaryl/α,β-unsaturated/α-hetero) is 1. The minimum Gasteiger partial charge on any atom is -0.493 e. The van der Waals surface area contributed by atoms with E-state index in [0.29, 0.717) is 22.6 Å². The molecule has 2 aromatic rings. The highest BCUT2D eigenvalue weighted by atomic mass is 16.6. The number of carbonyl (C=O) groups excluding carboxylic acids is 2. The van der Waals surface area contributed by atoms with Gasteiger partial charge in [-0.15, -0.1) is 0 Å². The second kappa shape index (κ2) is 9.84. The van der Waals surface area contributed by atoms with Gasteiger partial charge in [-0.2, -0.15) is 5.26 Å². The average molecular weight is 353 g/mol. The Kier molecular flexibility index (Phi) is 7.19. The number of hydrogen-bond acceptors (Lipinski definition) is 6. The van der Waals surface area contributed by atoms with Crippen molar-refractivity contribution in [1.82, 2.24) is 0 Å². The lowest BCUT2D eigenvalue weighted by atomic mass is 10.1. The van der Waals surface area contributed by atoms with Crippen molar-refractivity contribution >= 4 is 11.8 Å². The number of ether oxygens (including phenoxy) is 3. The van der Waals surface area contributed by atoms with Gasteiger partial charge < -0.3 is 14.2 Å². The average Bonchev–Trinajstić information content (AvgIpc) is 2.66. The lowest BCUT2D eigenvalue weighted by Gasteiger charge is -2.08. The van der Waals surface area contributed by atoms with Crippen LogP contribution >= 0.6 is 0 Å². The smallest absolute Gasteiger partial charge is 0.309 e. The summed E-state index contributed by atoms with van der Waals surface area (Å²) >= 11 is 0. The van der Waals surface area contributed by atoms with Gasteiger partial charge in [0.1, 0.15) is 24.7 Å². The molecule has 0 heterocycles. The molecule has 0 atom stereocenters. The first-order valence-electron chi connectivity index (χ1n) is 8.11. The number of benzene rings is 2. The zero-order valence-electron chi connectivity index (χ0n) is 14.4. The van der Waals surface area contributed by atoms with E-state index in [1.807, 2.05) is 6.07 Å². The fraction of sp³-hybridized carbons (Fsp3) is 0.250. The predicted octanol–water partition coefficient (Wildman–Crippen LogP) is 3.15. The highest BCUT2D eigenvalue weighted by Gasteiger charge is 2.05. The van der Waals surface area contributed by atoms with Gasteiger partial charge in [0.05, 0.1) is 24.7 Å². The van der Waals surface area contributed by atoms with Gasteiger partial charge >= 0.3 is 5.97 Å². The number of carbonyl (C=O) groups is 2. The van der Waals surface area contributed by atoms with Crippen LogP contribution in [-0.4, -0.2) is 31.6 Å². The number of nitrogens with zero attached hydrogens (tertiary/aromatic N) is 1. The van der Waals surface area contributed by atoms with Crippen LogP contribution in [0, 0.1) is 11.3 Å². The Morgan fingerprint density at radius 1 is 0.885 bits per heavy atom. The van der Waals surface area contributed by atoms with Crippen molar-refractivity contribution in [2.75, 3.05) is 19.8 Å². The van der Waals surface area contributed by atoms with Crippen molar-refractivity contribution < 1.29 is 23.8 Å². The predicted molar refractivity (Wildman–Crippen MR) is 94.2 cm³/mol. The summed E-state index contributed by atoms with van der Waals surface area (Å²) in [6.07, 6.45) is 0.116. The molecule has 0 aliphatic rings. The summed E-state index contributed by atoms with van der Waals surface area (Å²) in [7, 11) is 0. The number of esters is 1. The number of hydrogen-bond donors (Lipinski definition) is 0. The van der Waals surface area contributed by atoms with Gasteiger partial charge in [0.15, 0.2) is 5.78 Å². The molecule has 6 nitrogen and oxygen atoms in total. The lowest BCUT2D eigenvalue weighted by molar-refractivity contribution is -0.144. The Balaban J connectivity index is 1.60. The van der Waals surface area contributed by atoms with Gasteiger partial charge in [0, 0.05) is 5.56 Å². The maximum Gasteiger partial charge on any atom is 0.309 e. The molecule has 0 radical (unpaired) electrons. The molecule has 0 spiro atoms. The van der Waals surface area contributed by atoms with E-state index in [1.165, 1.54) is 6.92 Å². The van der Waals surface area contributed by atoms with Crippen LogP contribution in [0.25, 0.3) is 0 Å². The minimum atomic E-state index is -0.381. The first kappa shape index (κ1) is 19.0. The molecule has 0 bridgehead atoms. The molecule has 0 aliphatic carbocycles. The van der Waals surface area contributed by atoms with E-state index in [9.17, 15) is 9.59 Å². The van der Waals surface area contributed by atoms with Crippen molar-refractivity contribution in [3.05, 3.63) is 59.7 Å². The second-order valence-corrected chi connectivity index (χ2v) is 5.38. The van der Waals surface area contributed by atoms with E-state index in [4.69, 9.17) is 19.5 Å². The van der Waals surface area contributed by atoms with Gasteiger partial charge in [-0.1, -0.05) is 0 Å². The molecule has 2 rings (SSSR count). The Morgan fingerprint density at radius 2 is 1.46 bits per heavy atom. The summed E-state index contributed by atoms with van der Waals surface area (Å²) in [5.74, 6) is 0.807. The van der Waals surface area contributed by atoms with Crippen molar-refractivity contribution in [3.8, 4) is 17.6 Å². The second-order valence-electron chi connectivity index (χ2n) is 5.38. The number of ketones is 1. The maximum atomic E-state index is 11.6. The molecule has 0 saturated carbocycles. The summed E-state index contributed by atoms with van der Waals surface area (Å²) in [6, 6.07) is 15.4. The van der Waals surface area contributed by atoms with E-state index in [2.05, 4.69) is 0 Å². The van der Waals surface area contributed by atoms with E-state index >= 15 is 0 Å². The molecular weight excluding hydrogens is 334 g/mol. The Labute approximate surface area is 151 Å². The van der Waals surface area contributed by atoms with E-state index in [-0.39, 0.29) is 38.0 Å². The van der Waals surface area contributed by atoms with Crippen LogP contribution in [0.2, 0.25) is 0 Å². The molecule has 0 saturated heterocycles. The lowest BCUT2D eigenvalue weighted by Crippen LogP contribution is -2.14. The molecule has 26 heavy (non-hydrogen) atoms. The Hall–Kier alpha value is -3.33. The molecule has 2 aromatic carbocycles. The van der Waals surface area contributed by atoms with Gasteiger partial charge in [0.2, 0.25) is 0 Å². The summed E-state index contributed by atoms with van der Waals surface area (Å²) in [6.45, 7) is 2.04. The van der Waals surface area contributed by atoms with Crippen LogP contribution in [0.15, 0.2) is 48.5 Å². The van der Waals surface area contributed by atoms with Crippen molar-refractivity contribution in [3.63, 3.8) is 0 Å². The molecule has 134 valence electrons. The van der Waals surface area contributed by atoms with Gasteiger partial charge in [-0.05, 0) is 55.5 Å². The van der Waals surface area contributed by atoms with Crippen LogP contribution in [0.5, 0.6) is 11.5 Å². The van der Waals surface area contributed by atoms with Crippen molar-refractivity contribution in [2.45, 2.75) is 13.3 Å². The fourth-order valence-corrected chi connectivity index (χ4v) is 2.05. The van der Waals surface area contributed by atoms with Gasteiger partial charge in [-0.25, -0.2) is 0 Å².